The van der Waals surface area contributed by atoms with Gasteiger partial charge in [-0.05, 0) is 28.1 Å². The first-order valence-electron chi connectivity index (χ1n) is 6.26. The second kappa shape index (κ2) is 6.28. The minimum Gasteiger partial charge on any atom is -0.269 e. The Hall–Kier alpha value is -2.05. The van der Waals surface area contributed by atoms with Crippen LogP contribution >= 0.6 is 15.9 Å². The van der Waals surface area contributed by atoms with Crippen molar-refractivity contribution in [3.05, 3.63) is 56.4 Å². The Morgan fingerprint density at radius 3 is 1.96 bits per heavy atom. The van der Waals surface area contributed by atoms with Crippen LogP contribution in [0.3, 0.4) is 0 Å². The van der Waals surface area contributed by atoms with Gasteiger partial charge < -0.3 is 0 Å². The number of halogens is 10. The fourth-order valence-electron chi connectivity index (χ4n) is 1.84. The molecular weight excluding hydrogens is 451 g/mol. The minimum absolute atomic E-state index is 0.0325. The molecule has 0 atom stereocenters. The average molecular weight is 455 g/mol. The van der Waals surface area contributed by atoms with Crippen molar-refractivity contribution in [3.63, 3.8) is 0 Å². The summed E-state index contributed by atoms with van der Waals surface area (Å²) in [4.78, 5) is 14.6. The molecule has 0 saturated heterocycles. The Kier molecular flexibility index (Phi) is 4.90. The molecule has 142 valence electrons. The Labute approximate surface area is 146 Å². The summed E-state index contributed by atoms with van der Waals surface area (Å²) in [6.07, 6.45) is -10.8. The Bertz CT molecular complexity index is 879. The predicted octanol–water partition coefficient (Wildman–Crippen LogP) is 4.81. The first kappa shape index (κ1) is 20.3. The molecule has 0 aliphatic heterocycles. The predicted molar refractivity (Wildman–Crippen MR) is 72.4 cm³/mol. The van der Waals surface area contributed by atoms with Crippen molar-refractivity contribution in [1.29, 1.82) is 0 Å². The quantitative estimate of drug-likeness (QED) is 0.610. The van der Waals surface area contributed by atoms with E-state index >= 15 is 0 Å². The summed E-state index contributed by atoms with van der Waals surface area (Å²) in [6.45, 7) is 0. The van der Waals surface area contributed by atoms with Crippen LogP contribution in [0.25, 0.3) is 5.69 Å². The number of nitrogens with zero attached hydrogens (tertiary/aromatic N) is 2. The average Bonchev–Trinajstić information content (AvgIpc) is 2.45. The van der Waals surface area contributed by atoms with Crippen LogP contribution in [0.15, 0.2) is 33.8 Å². The summed E-state index contributed by atoms with van der Waals surface area (Å²) >= 11 is 2.60. The molecule has 0 N–H and O–H groups in total. The highest BCUT2D eigenvalue weighted by molar-refractivity contribution is 9.10. The second-order valence-corrected chi connectivity index (χ2v) is 5.70. The van der Waals surface area contributed by atoms with Crippen LogP contribution in [-0.2, 0) is 12.1 Å². The summed E-state index contributed by atoms with van der Waals surface area (Å²) < 4.78 is 115. The molecule has 0 aliphatic rings. The van der Waals surface area contributed by atoms with Gasteiger partial charge in [0.15, 0.2) is 0 Å². The van der Waals surface area contributed by atoms with E-state index in [4.69, 9.17) is 0 Å². The third-order valence-electron chi connectivity index (χ3n) is 3.07. The fraction of sp³-hybridized carbons (Fsp3) is 0.231. The first-order chi connectivity index (χ1) is 11.7. The van der Waals surface area contributed by atoms with Gasteiger partial charge in [-0.3, -0.25) is 9.36 Å². The van der Waals surface area contributed by atoms with E-state index in [1.807, 2.05) is 0 Å². The Morgan fingerprint density at radius 1 is 0.962 bits per heavy atom. The van der Waals surface area contributed by atoms with Gasteiger partial charge >= 0.3 is 18.3 Å². The Morgan fingerprint density at radius 2 is 1.54 bits per heavy atom. The zero-order chi connectivity index (χ0) is 20.1. The van der Waals surface area contributed by atoms with Gasteiger partial charge in [-0.2, -0.15) is 35.1 Å². The van der Waals surface area contributed by atoms with Crippen LogP contribution in [0, 0.1) is 5.82 Å². The molecule has 13 heteroatoms. The molecule has 0 bridgehead atoms. The van der Waals surface area contributed by atoms with Crippen molar-refractivity contribution in [2.24, 2.45) is 0 Å². The number of rotatable bonds is 2. The molecule has 0 saturated carbocycles. The molecule has 2 rings (SSSR count). The molecule has 1 aromatic heterocycles. The molecule has 1 heterocycles. The third-order valence-corrected chi connectivity index (χ3v) is 3.68. The van der Waals surface area contributed by atoms with Crippen LogP contribution in [0.4, 0.5) is 39.5 Å². The van der Waals surface area contributed by atoms with Crippen molar-refractivity contribution in [1.82, 2.24) is 9.55 Å². The van der Waals surface area contributed by atoms with E-state index in [-0.39, 0.29) is 23.0 Å². The molecular formula is C13H4BrF9N2O. The lowest BCUT2D eigenvalue weighted by molar-refractivity contribution is -0.291. The van der Waals surface area contributed by atoms with Crippen molar-refractivity contribution in [3.8, 4) is 5.69 Å². The molecule has 26 heavy (non-hydrogen) atoms. The molecule has 0 spiro atoms. The SMILES string of the molecule is O=c1cc(C(F)(F)C(F)(F)F)ncn1-c1c(F)cc(C(F)(F)F)cc1Br. The number of benzene rings is 1. The van der Waals surface area contributed by atoms with Crippen molar-refractivity contribution < 1.29 is 39.5 Å². The third kappa shape index (κ3) is 3.57. The number of aromatic nitrogens is 2. The maximum atomic E-state index is 14.0. The van der Waals surface area contributed by atoms with E-state index in [0.29, 0.717) is 6.07 Å². The van der Waals surface area contributed by atoms with E-state index in [2.05, 4.69) is 20.9 Å². The van der Waals surface area contributed by atoms with Gasteiger partial charge in [-0.15, -0.1) is 0 Å². The van der Waals surface area contributed by atoms with Gasteiger partial charge in [-0.1, -0.05) is 0 Å². The topological polar surface area (TPSA) is 34.9 Å². The lowest BCUT2D eigenvalue weighted by Crippen LogP contribution is -2.36. The van der Waals surface area contributed by atoms with E-state index in [1.54, 1.807) is 0 Å². The summed E-state index contributed by atoms with van der Waals surface area (Å²) in [6, 6.07) is 0.255. The summed E-state index contributed by atoms with van der Waals surface area (Å²) in [5.74, 6) is -7.02. The molecule has 0 radical (unpaired) electrons. The van der Waals surface area contributed by atoms with E-state index in [0.717, 1.165) is 0 Å². The van der Waals surface area contributed by atoms with Gasteiger partial charge in [0.2, 0.25) is 0 Å². The zero-order valence-electron chi connectivity index (χ0n) is 11.9. The van der Waals surface area contributed by atoms with E-state index < -0.39 is 51.1 Å². The highest BCUT2D eigenvalue weighted by atomic mass is 79.9. The van der Waals surface area contributed by atoms with Crippen LogP contribution in [0.1, 0.15) is 11.3 Å². The van der Waals surface area contributed by atoms with Gasteiger partial charge in [-0.25, -0.2) is 9.37 Å². The van der Waals surface area contributed by atoms with Crippen LogP contribution in [0.5, 0.6) is 0 Å². The largest absolute Gasteiger partial charge is 0.459 e. The maximum absolute atomic E-state index is 14.0. The number of hydrogen-bond donors (Lipinski definition) is 0. The number of hydrogen-bond acceptors (Lipinski definition) is 2. The molecule has 1 aromatic carbocycles. The maximum Gasteiger partial charge on any atom is 0.459 e. The normalized spacial score (nSPS) is 13.2. The highest BCUT2D eigenvalue weighted by Gasteiger charge is 2.60. The van der Waals surface area contributed by atoms with E-state index in [1.165, 1.54) is 0 Å². The smallest absolute Gasteiger partial charge is 0.269 e. The second-order valence-electron chi connectivity index (χ2n) is 4.84. The van der Waals surface area contributed by atoms with Gasteiger partial charge in [0.1, 0.15) is 23.5 Å². The summed E-state index contributed by atoms with van der Waals surface area (Å²) in [7, 11) is 0. The lowest BCUT2D eigenvalue weighted by Gasteiger charge is -2.19. The molecule has 0 amide bonds. The molecule has 2 aromatic rings. The summed E-state index contributed by atoms with van der Waals surface area (Å²) in [5, 5.41) is 0. The molecule has 0 fully saturated rings. The van der Waals surface area contributed by atoms with Crippen molar-refractivity contribution >= 4 is 15.9 Å². The van der Waals surface area contributed by atoms with Gasteiger partial charge in [0.05, 0.1) is 5.56 Å². The van der Waals surface area contributed by atoms with Gasteiger partial charge in [0.25, 0.3) is 5.56 Å². The first-order valence-corrected chi connectivity index (χ1v) is 7.06. The Balaban J connectivity index is 2.61. The molecule has 0 unspecified atom stereocenters. The zero-order valence-corrected chi connectivity index (χ0v) is 13.5. The van der Waals surface area contributed by atoms with E-state index in [9.17, 15) is 44.3 Å². The van der Waals surface area contributed by atoms with Crippen LogP contribution < -0.4 is 5.56 Å². The summed E-state index contributed by atoms with van der Waals surface area (Å²) in [5.41, 5.74) is -5.74. The molecule has 0 aliphatic carbocycles. The lowest BCUT2D eigenvalue weighted by atomic mass is 10.2. The minimum atomic E-state index is -6.03. The highest BCUT2D eigenvalue weighted by Crippen LogP contribution is 2.42. The van der Waals surface area contributed by atoms with Crippen molar-refractivity contribution in [2.75, 3.05) is 0 Å². The fourth-order valence-corrected chi connectivity index (χ4v) is 2.47. The monoisotopic (exact) mass is 454 g/mol. The standard InChI is InChI=1S/C13H4BrF9N2O/c14-6-1-5(12(18,19)20)2-7(15)10(6)25-4-24-8(3-9(25)26)11(16,17)13(21,22)23/h1-4H. The van der Waals surface area contributed by atoms with Crippen LogP contribution in [0.2, 0.25) is 0 Å². The molecule has 3 nitrogen and oxygen atoms in total. The van der Waals surface area contributed by atoms with Gasteiger partial charge in [0, 0.05) is 10.5 Å². The number of alkyl halides is 8. The van der Waals surface area contributed by atoms with Crippen LogP contribution in [-0.4, -0.2) is 15.7 Å². The van der Waals surface area contributed by atoms with Crippen molar-refractivity contribution in [2.45, 2.75) is 18.3 Å².